The summed E-state index contributed by atoms with van der Waals surface area (Å²) >= 11 is 0. The van der Waals surface area contributed by atoms with E-state index in [1.807, 2.05) is 30.3 Å². The summed E-state index contributed by atoms with van der Waals surface area (Å²) in [5, 5.41) is 7.17. The standard InChI is InChI=1S/C21H27N3O/c1-21(2)12-17-19(18(25)13-21)20(22-14-8-4-3-5-9-14)24-16-11-7-6-10-15(16)23-17/h3-5,8-9,15-16,23H,6-7,10-13H2,1-2H3,(H,22,24)/t15-,16-/m1/s1. The lowest BCUT2D eigenvalue weighted by Gasteiger charge is -2.35. The zero-order valence-electron chi connectivity index (χ0n) is 15.1. The molecule has 1 heterocycles. The van der Waals surface area contributed by atoms with Crippen LogP contribution in [0.2, 0.25) is 0 Å². The fourth-order valence-corrected chi connectivity index (χ4v) is 4.36. The highest BCUT2D eigenvalue weighted by molar-refractivity contribution is 6.27. The van der Waals surface area contributed by atoms with Crippen molar-refractivity contribution < 1.29 is 4.79 Å². The molecule has 0 unspecified atom stereocenters. The van der Waals surface area contributed by atoms with Gasteiger partial charge in [0.2, 0.25) is 0 Å². The molecule has 2 N–H and O–H groups in total. The number of anilines is 1. The number of nitrogens with zero attached hydrogens (tertiary/aromatic N) is 1. The summed E-state index contributed by atoms with van der Waals surface area (Å²) in [5.41, 5.74) is 2.88. The first-order chi connectivity index (χ1) is 12.0. The monoisotopic (exact) mass is 337 g/mol. The molecule has 2 aliphatic carbocycles. The molecule has 2 atom stereocenters. The van der Waals surface area contributed by atoms with Crippen LogP contribution in [0.5, 0.6) is 0 Å². The maximum atomic E-state index is 13.0. The van der Waals surface area contributed by atoms with Crippen molar-refractivity contribution in [1.29, 1.82) is 0 Å². The zero-order valence-corrected chi connectivity index (χ0v) is 15.1. The summed E-state index contributed by atoms with van der Waals surface area (Å²) in [5.74, 6) is 0.975. The molecule has 25 heavy (non-hydrogen) atoms. The summed E-state index contributed by atoms with van der Waals surface area (Å²) in [6.45, 7) is 4.36. The average Bonchev–Trinajstić information content (AvgIpc) is 2.70. The van der Waals surface area contributed by atoms with Crippen molar-refractivity contribution in [1.82, 2.24) is 5.32 Å². The van der Waals surface area contributed by atoms with Crippen molar-refractivity contribution in [2.45, 2.75) is 64.5 Å². The van der Waals surface area contributed by atoms with Gasteiger partial charge in [-0.05, 0) is 36.8 Å². The van der Waals surface area contributed by atoms with Crippen LogP contribution in [0.3, 0.4) is 0 Å². The molecule has 0 aromatic heterocycles. The van der Waals surface area contributed by atoms with Crippen molar-refractivity contribution in [3.05, 3.63) is 41.6 Å². The predicted molar refractivity (Wildman–Crippen MR) is 102 cm³/mol. The van der Waals surface area contributed by atoms with E-state index in [-0.39, 0.29) is 17.2 Å². The van der Waals surface area contributed by atoms with Crippen molar-refractivity contribution >= 4 is 17.3 Å². The number of hydrogen-bond donors (Lipinski definition) is 2. The average molecular weight is 337 g/mol. The Labute approximate surface area is 149 Å². The number of aliphatic imine (C=N–C) groups is 1. The Morgan fingerprint density at radius 1 is 1.12 bits per heavy atom. The summed E-state index contributed by atoms with van der Waals surface area (Å²) in [7, 11) is 0. The highest BCUT2D eigenvalue weighted by Crippen LogP contribution is 2.39. The predicted octanol–water partition coefficient (Wildman–Crippen LogP) is 4.05. The highest BCUT2D eigenvalue weighted by atomic mass is 16.1. The molecule has 132 valence electrons. The number of para-hydroxylation sites is 1. The van der Waals surface area contributed by atoms with Crippen LogP contribution in [0.25, 0.3) is 0 Å². The fourth-order valence-electron chi connectivity index (χ4n) is 4.36. The van der Waals surface area contributed by atoms with Crippen LogP contribution < -0.4 is 10.6 Å². The first-order valence-corrected chi connectivity index (χ1v) is 9.45. The quantitative estimate of drug-likeness (QED) is 0.813. The Hall–Kier alpha value is -2.10. The van der Waals surface area contributed by atoms with Crippen LogP contribution in [0.1, 0.15) is 52.4 Å². The molecule has 3 aliphatic rings. The van der Waals surface area contributed by atoms with Gasteiger partial charge in [-0.2, -0.15) is 0 Å². The van der Waals surface area contributed by atoms with Crippen LogP contribution in [0.4, 0.5) is 5.69 Å². The van der Waals surface area contributed by atoms with Gasteiger partial charge in [0.05, 0.1) is 11.6 Å². The minimum atomic E-state index is 0.00920. The number of rotatable bonds is 1. The number of benzene rings is 1. The third-order valence-corrected chi connectivity index (χ3v) is 5.53. The van der Waals surface area contributed by atoms with Crippen LogP contribution in [0, 0.1) is 5.41 Å². The van der Waals surface area contributed by atoms with E-state index in [9.17, 15) is 4.79 Å². The number of nitrogens with one attached hydrogen (secondary N) is 2. The first-order valence-electron chi connectivity index (χ1n) is 9.45. The number of amidine groups is 1. The van der Waals surface area contributed by atoms with E-state index in [1.54, 1.807) is 0 Å². The van der Waals surface area contributed by atoms with E-state index in [4.69, 9.17) is 4.99 Å². The van der Waals surface area contributed by atoms with Crippen LogP contribution >= 0.6 is 0 Å². The van der Waals surface area contributed by atoms with Gasteiger partial charge in [-0.15, -0.1) is 0 Å². The van der Waals surface area contributed by atoms with Gasteiger partial charge in [0.15, 0.2) is 5.78 Å². The van der Waals surface area contributed by atoms with Crippen LogP contribution in [-0.4, -0.2) is 23.7 Å². The second-order valence-corrected chi connectivity index (χ2v) is 8.37. The maximum absolute atomic E-state index is 13.0. The number of ketones is 1. The second-order valence-electron chi connectivity index (χ2n) is 8.37. The lowest BCUT2D eigenvalue weighted by atomic mass is 9.75. The molecule has 1 aromatic carbocycles. The Kier molecular flexibility index (Phi) is 4.14. The van der Waals surface area contributed by atoms with Gasteiger partial charge >= 0.3 is 0 Å². The molecule has 4 nitrogen and oxygen atoms in total. The molecule has 0 saturated heterocycles. The second kappa shape index (κ2) is 6.32. The molecule has 0 radical (unpaired) electrons. The van der Waals surface area contributed by atoms with E-state index >= 15 is 0 Å². The van der Waals surface area contributed by atoms with Crippen molar-refractivity contribution in [3.63, 3.8) is 0 Å². The Morgan fingerprint density at radius 3 is 2.68 bits per heavy atom. The van der Waals surface area contributed by atoms with Gasteiger partial charge in [-0.25, -0.2) is 0 Å². The Morgan fingerprint density at radius 2 is 1.88 bits per heavy atom. The number of hydrogen-bond acceptors (Lipinski definition) is 4. The molecule has 1 aliphatic heterocycles. The van der Waals surface area contributed by atoms with E-state index in [0.29, 0.717) is 12.5 Å². The molecular weight excluding hydrogens is 310 g/mol. The maximum Gasteiger partial charge on any atom is 0.168 e. The fraction of sp³-hybridized carbons (Fsp3) is 0.524. The van der Waals surface area contributed by atoms with Crippen molar-refractivity contribution in [3.8, 4) is 0 Å². The van der Waals surface area contributed by atoms with Crippen molar-refractivity contribution in [2.24, 2.45) is 10.4 Å². The molecule has 1 saturated carbocycles. The third kappa shape index (κ3) is 3.35. The van der Waals surface area contributed by atoms with E-state index in [0.717, 1.165) is 42.1 Å². The highest BCUT2D eigenvalue weighted by Gasteiger charge is 2.39. The summed E-state index contributed by atoms with van der Waals surface area (Å²) in [6, 6.07) is 10.7. The minimum absolute atomic E-state index is 0.00920. The summed E-state index contributed by atoms with van der Waals surface area (Å²) in [4.78, 5) is 18.0. The minimum Gasteiger partial charge on any atom is -0.383 e. The molecule has 0 bridgehead atoms. The smallest absolute Gasteiger partial charge is 0.168 e. The van der Waals surface area contributed by atoms with Crippen LogP contribution in [-0.2, 0) is 4.79 Å². The van der Waals surface area contributed by atoms with E-state index in [2.05, 4.69) is 24.5 Å². The lowest BCUT2D eigenvalue weighted by Crippen LogP contribution is -2.42. The Bertz CT molecular complexity index is 733. The van der Waals surface area contributed by atoms with Crippen molar-refractivity contribution in [2.75, 3.05) is 5.32 Å². The number of carbonyl (C=O) groups is 1. The van der Waals surface area contributed by atoms with Gasteiger partial charge < -0.3 is 10.6 Å². The topological polar surface area (TPSA) is 53.5 Å². The molecule has 4 heteroatoms. The molecule has 1 aromatic rings. The Balaban J connectivity index is 1.76. The number of Topliss-reactive ketones (excluding diaryl/α,β-unsaturated/α-hetero) is 1. The van der Waals surface area contributed by atoms with Gasteiger partial charge in [-0.3, -0.25) is 9.79 Å². The lowest BCUT2D eigenvalue weighted by molar-refractivity contribution is -0.117. The number of fused-ring (bicyclic) bond motifs is 1. The number of carbonyl (C=O) groups excluding carboxylic acids is 1. The molecule has 0 spiro atoms. The van der Waals surface area contributed by atoms with Gasteiger partial charge in [0, 0.05) is 23.8 Å². The summed E-state index contributed by atoms with van der Waals surface area (Å²) in [6.07, 6.45) is 6.18. The van der Waals surface area contributed by atoms with E-state index < -0.39 is 0 Å². The number of allylic oxidation sites excluding steroid dienone is 1. The summed E-state index contributed by atoms with van der Waals surface area (Å²) < 4.78 is 0. The SMILES string of the molecule is CC1(C)CC(=O)C2=C(C1)N[C@@H]1CCCC[C@H]1N=C2Nc1ccccc1. The molecule has 4 rings (SSSR count). The third-order valence-electron chi connectivity index (χ3n) is 5.53. The van der Waals surface area contributed by atoms with Crippen LogP contribution in [0.15, 0.2) is 46.6 Å². The van der Waals surface area contributed by atoms with Gasteiger partial charge in [0.25, 0.3) is 0 Å². The normalized spacial score (nSPS) is 28.2. The molecule has 1 fully saturated rings. The van der Waals surface area contributed by atoms with E-state index in [1.165, 1.54) is 12.8 Å². The largest absolute Gasteiger partial charge is 0.383 e. The van der Waals surface area contributed by atoms with Gasteiger partial charge in [-0.1, -0.05) is 44.9 Å². The molecular formula is C21H27N3O. The zero-order chi connectivity index (χ0) is 17.4. The van der Waals surface area contributed by atoms with Gasteiger partial charge in [0.1, 0.15) is 5.84 Å². The first kappa shape index (κ1) is 16.4. The molecule has 0 amide bonds.